The van der Waals surface area contributed by atoms with Crippen LogP contribution in [0.15, 0.2) is 36.5 Å². The van der Waals surface area contributed by atoms with E-state index in [1.165, 1.54) is 135 Å². The van der Waals surface area contributed by atoms with E-state index < -0.39 is 124 Å². The van der Waals surface area contributed by atoms with Crippen LogP contribution in [0.4, 0.5) is 0 Å². The van der Waals surface area contributed by atoms with Crippen molar-refractivity contribution in [3.63, 3.8) is 0 Å². The molecule has 3 rings (SSSR count). The molecule has 3 heterocycles. The predicted octanol–water partition coefficient (Wildman–Crippen LogP) is 6.49. The third kappa shape index (κ3) is 28.8. The number of carbonyl (C=O) groups excluding carboxylic acids is 1. The Morgan fingerprint density at radius 3 is 1.21 bits per heavy atom. The van der Waals surface area contributed by atoms with Crippen molar-refractivity contribution < 1.29 is 89.4 Å². The highest BCUT2D eigenvalue weighted by Gasteiger charge is 2.53. The Morgan fingerprint density at radius 2 is 0.790 bits per heavy atom. The van der Waals surface area contributed by atoms with Gasteiger partial charge in [-0.05, 0) is 38.5 Å². The average Bonchev–Trinajstić information content (AvgIpc) is 3.57. The van der Waals surface area contributed by atoms with Crippen molar-refractivity contribution in [1.29, 1.82) is 0 Å². The molecule has 0 saturated carbocycles. The Labute approximate surface area is 485 Å². The largest absolute Gasteiger partial charge is 0.394 e. The maximum Gasteiger partial charge on any atom is 0.220 e. The third-order valence-electron chi connectivity index (χ3n) is 15.9. The van der Waals surface area contributed by atoms with Crippen molar-refractivity contribution in [2.75, 3.05) is 26.4 Å². The van der Waals surface area contributed by atoms with E-state index in [1.807, 2.05) is 6.08 Å². The molecule has 3 aliphatic heterocycles. The number of amides is 1. The van der Waals surface area contributed by atoms with E-state index in [4.69, 9.17) is 28.4 Å². The minimum atomic E-state index is -1.98. The smallest absolute Gasteiger partial charge is 0.220 e. The molecule has 17 unspecified atom stereocenters. The summed E-state index contributed by atoms with van der Waals surface area (Å²) in [6.07, 6.45) is 23.0. The van der Waals surface area contributed by atoms with Crippen LogP contribution in [0, 0.1) is 0 Å². The van der Waals surface area contributed by atoms with Gasteiger partial charge in [0, 0.05) is 6.42 Å². The second kappa shape index (κ2) is 45.3. The summed E-state index contributed by atoms with van der Waals surface area (Å²) in [6, 6.07) is -0.992. The normalized spacial score (nSPS) is 30.0. The number of rotatable bonds is 47. The topological polar surface area (TPSA) is 307 Å². The molecule has 0 aliphatic carbocycles. The highest BCUT2D eigenvalue weighted by atomic mass is 16.8. The van der Waals surface area contributed by atoms with Gasteiger partial charge in [0.25, 0.3) is 0 Å². The fourth-order valence-electron chi connectivity index (χ4n) is 10.7. The van der Waals surface area contributed by atoms with Crippen molar-refractivity contribution in [2.24, 2.45) is 0 Å². The summed E-state index contributed by atoms with van der Waals surface area (Å²) in [5.41, 5.74) is 0. The number of unbranched alkanes of at least 4 members (excludes halogenated alkanes) is 27. The van der Waals surface area contributed by atoms with Gasteiger partial charge in [-0.2, -0.15) is 0 Å². The fraction of sp³-hybridized carbons (Fsp3) is 0.887. The van der Waals surface area contributed by atoms with E-state index >= 15 is 0 Å². The molecule has 0 aromatic rings. The van der Waals surface area contributed by atoms with Crippen LogP contribution >= 0.6 is 0 Å². The monoisotopic (exact) mass is 1160 g/mol. The first-order valence-electron chi connectivity index (χ1n) is 31.7. The molecule has 17 atom stereocenters. The van der Waals surface area contributed by atoms with E-state index in [9.17, 15) is 61.0 Å². The average molecular weight is 1160 g/mol. The molecule has 3 saturated heterocycles. The third-order valence-corrected chi connectivity index (χ3v) is 15.9. The van der Waals surface area contributed by atoms with Gasteiger partial charge in [0.2, 0.25) is 5.91 Å². The quantitative estimate of drug-likeness (QED) is 0.0229. The Morgan fingerprint density at radius 1 is 0.432 bits per heavy atom. The van der Waals surface area contributed by atoms with Crippen LogP contribution in [-0.4, -0.2) is 193 Å². The van der Waals surface area contributed by atoms with Crippen molar-refractivity contribution in [3.05, 3.63) is 36.5 Å². The van der Waals surface area contributed by atoms with Crippen LogP contribution < -0.4 is 5.32 Å². The van der Waals surface area contributed by atoms with Gasteiger partial charge in [0.15, 0.2) is 18.9 Å². The Bertz CT molecular complexity index is 1620. The second-order valence-electron chi connectivity index (χ2n) is 22.9. The zero-order chi connectivity index (χ0) is 59.0. The SMILES string of the molecule is CCC/C=C/CC/C=C/CC/C=C/C(O)C(COC1OC(CO)C(OC2OC(CO)C(OC3OC(CO)C(O)C(O)C3O)C(O)C2O)C(O)C1O)NC(=O)CCCCCCCCCCCCCCCCCCCCCCCCCCC. The van der Waals surface area contributed by atoms with E-state index in [1.54, 1.807) is 6.08 Å². The van der Waals surface area contributed by atoms with Crippen molar-refractivity contribution in [1.82, 2.24) is 5.32 Å². The summed E-state index contributed by atoms with van der Waals surface area (Å²) >= 11 is 0. The zero-order valence-corrected chi connectivity index (χ0v) is 49.5. The van der Waals surface area contributed by atoms with Gasteiger partial charge in [-0.1, -0.05) is 211 Å². The van der Waals surface area contributed by atoms with E-state index in [2.05, 4.69) is 43.5 Å². The number of aliphatic hydroxyl groups is 11. The molecular weight excluding hydrogens is 1050 g/mol. The highest BCUT2D eigenvalue weighted by molar-refractivity contribution is 5.76. The standard InChI is InChI=1S/C62H113NO18/c1-3-5-7-9-11-13-15-16-17-18-19-20-21-22-23-24-25-26-27-28-30-32-34-36-38-40-50(68)63-45(46(67)39-37-35-33-31-29-14-12-10-8-6-4-2)44-76-60-56(74)53(71)58(48(42-65)78-60)81-62-57(75)54(72)59(49(43-66)79-62)80-61-55(73)52(70)51(69)47(41-64)77-61/h8,10,29,31,37,39,45-49,51-62,64-67,69-75H,3-7,9,11-28,30,32-36,38,40-44H2,1-2H3,(H,63,68)/b10-8+,31-29+,39-37+. The molecular formula is C62H113NO18. The minimum Gasteiger partial charge on any atom is -0.394 e. The van der Waals surface area contributed by atoms with Crippen LogP contribution in [0.2, 0.25) is 0 Å². The lowest BCUT2D eigenvalue weighted by Crippen LogP contribution is -2.66. The van der Waals surface area contributed by atoms with Gasteiger partial charge in [-0.15, -0.1) is 0 Å². The highest BCUT2D eigenvalue weighted by Crippen LogP contribution is 2.33. The lowest BCUT2D eigenvalue weighted by atomic mass is 9.96. The van der Waals surface area contributed by atoms with Gasteiger partial charge in [-0.25, -0.2) is 0 Å². The zero-order valence-electron chi connectivity index (χ0n) is 49.5. The maximum atomic E-state index is 13.3. The molecule has 0 aromatic heterocycles. The summed E-state index contributed by atoms with van der Waals surface area (Å²) in [5.74, 6) is -0.289. The van der Waals surface area contributed by atoms with Crippen LogP contribution in [0.1, 0.15) is 219 Å². The van der Waals surface area contributed by atoms with Crippen LogP contribution in [0.25, 0.3) is 0 Å². The summed E-state index contributed by atoms with van der Waals surface area (Å²) in [5, 5.41) is 120. The van der Waals surface area contributed by atoms with Crippen LogP contribution in [0.5, 0.6) is 0 Å². The van der Waals surface area contributed by atoms with Gasteiger partial charge in [0.05, 0.1) is 38.6 Å². The summed E-state index contributed by atoms with van der Waals surface area (Å²) in [6.45, 7) is 1.62. The number of carbonyl (C=O) groups is 1. The second-order valence-corrected chi connectivity index (χ2v) is 22.9. The predicted molar refractivity (Wildman–Crippen MR) is 309 cm³/mol. The molecule has 0 aromatic carbocycles. The Hall–Kier alpha value is -1.99. The molecule has 3 fully saturated rings. The number of allylic oxidation sites excluding steroid dienone is 5. The first kappa shape index (κ1) is 73.3. The number of hydrogen-bond donors (Lipinski definition) is 12. The van der Waals surface area contributed by atoms with Crippen molar-refractivity contribution >= 4 is 5.91 Å². The first-order valence-corrected chi connectivity index (χ1v) is 31.7. The van der Waals surface area contributed by atoms with Gasteiger partial charge < -0.3 is 89.9 Å². The molecule has 474 valence electrons. The Kier molecular flexibility index (Phi) is 41.0. The molecule has 3 aliphatic rings. The maximum absolute atomic E-state index is 13.3. The number of nitrogens with one attached hydrogen (secondary N) is 1. The van der Waals surface area contributed by atoms with Gasteiger partial charge in [0.1, 0.15) is 73.2 Å². The van der Waals surface area contributed by atoms with Crippen LogP contribution in [-0.2, 0) is 33.2 Å². The van der Waals surface area contributed by atoms with E-state index in [-0.39, 0.29) is 18.9 Å². The van der Waals surface area contributed by atoms with Crippen LogP contribution in [0.3, 0.4) is 0 Å². The van der Waals surface area contributed by atoms with Crippen molar-refractivity contribution in [2.45, 2.75) is 324 Å². The molecule has 0 radical (unpaired) electrons. The lowest BCUT2D eigenvalue weighted by molar-refractivity contribution is -0.379. The molecule has 0 spiro atoms. The van der Waals surface area contributed by atoms with Gasteiger partial charge >= 0.3 is 0 Å². The molecule has 12 N–H and O–H groups in total. The molecule has 19 nitrogen and oxygen atoms in total. The minimum absolute atomic E-state index is 0.235. The number of aliphatic hydroxyl groups excluding tert-OH is 11. The Balaban J connectivity index is 1.42. The number of hydrogen-bond acceptors (Lipinski definition) is 18. The molecule has 0 bridgehead atoms. The molecule has 81 heavy (non-hydrogen) atoms. The van der Waals surface area contributed by atoms with E-state index in [0.717, 1.165) is 51.4 Å². The molecule has 19 heteroatoms. The fourth-order valence-corrected chi connectivity index (χ4v) is 10.7. The first-order chi connectivity index (χ1) is 39.3. The van der Waals surface area contributed by atoms with E-state index in [0.29, 0.717) is 12.8 Å². The molecule has 1 amide bonds. The summed E-state index contributed by atoms with van der Waals surface area (Å²) in [7, 11) is 0. The summed E-state index contributed by atoms with van der Waals surface area (Å²) < 4.78 is 34.2. The van der Waals surface area contributed by atoms with Gasteiger partial charge in [-0.3, -0.25) is 4.79 Å². The summed E-state index contributed by atoms with van der Waals surface area (Å²) in [4.78, 5) is 13.3. The van der Waals surface area contributed by atoms with Crippen molar-refractivity contribution in [3.8, 4) is 0 Å². The number of ether oxygens (including phenoxy) is 6. The lowest BCUT2D eigenvalue weighted by Gasteiger charge is -2.48.